The van der Waals surface area contributed by atoms with Gasteiger partial charge in [0.05, 0.1) is 11.6 Å². The molecule has 0 unspecified atom stereocenters. The highest BCUT2D eigenvalue weighted by Gasteiger charge is 2.28. The molecule has 98 valence electrons. The molecule has 0 saturated carbocycles. The molecule has 1 N–H and O–H groups in total. The van der Waals surface area contributed by atoms with E-state index in [1.54, 1.807) is 17.2 Å². The Bertz CT molecular complexity index is 603. The van der Waals surface area contributed by atoms with Gasteiger partial charge in [-0.2, -0.15) is 0 Å². The van der Waals surface area contributed by atoms with Crippen molar-refractivity contribution in [3.05, 3.63) is 36.5 Å². The van der Waals surface area contributed by atoms with Crippen LogP contribution in [0.15, 0.2) is 36.5 Å². The Kier molecular flexibility index (Phi) is 3.05. The molecule has 0 atom stereocenters. The lowest BCUT2D eigenvalue weighted by Crippen LogP contribution is -2.54. The number of aliphatic hydroxyl groups is 1. The van der Waals surface area contributed by atoms with Crippen LogP contribution in [0.3, 0.4) is 0 Å². The minimum Gasteiger partial charge on any atom is -0.483 e. The van der Waals surface area contributed by atoms with Crippen LogP contribution in [0.25, 0.3) is 10.9 Å². The number of hydrogen-bond donors (Lipinski definition) is 1. The number of para-hydroxylation sites is 1. The van der Waals surface area contributed by atoms with Crippen molar-refractivity contribution in [3.8, 4) is 5.75 Å². The average molecular weight is 258 g/mol. The van der Waals surface area contributed by atoms with Crippen molar-refractivity contribution >= 4 is 16.8 Å². The SMILES string of the molecule is O=C(COc1ccnc2ccccc12)N1CC(O)C1. The molecule has 1 amide bonds. The van der Waals surface area contributed by atoms with E-state index in [0.29, 0.717) is 18.8 Å². The Morgan fingerprint density at radius 2 is 2.16 bits per heavy atom. The summed E-state index contributed by atoms with van der Waals surface area (Å²) in [4.78, 5) is 17.6. The normalized spacial score (nSPS) is 15.3. The molecule has 5 heteroatoms. The molecule has 1 fully saturated rings. The van der Waals surface area contributed by atoms with Gasteiger partial charge in [0.1, 0.15) is 5.75 Å². The maximum absolute atomic E-state index is 11.8. The van der Waals surface area contributed by atoms with Gasteiger partial charge in [0.15, 0.2) is 6.61 Å². The van der Waals surface area contributed by atoms with E-state index in [2.05, 4.69) is 4.98 Å². The van der Waals surface area contributed by atoms with Gasteiger partial charge in [-0.1, -0.05) is 12.1 Å². The van der Waals surface area contributed by atoms with E-state index in [-0.39, 0.29) is 18.6 Å². The molecule has 1 saturated heterocycles. The monoisotopic (exact) mass is 258 g/mol. The third-order valence-electron chi connectivity index (χ3n) is 3.18. The van der Waals surface area contributed by atoms with Gasteiger partial charge in [-0.3, -0.25) is 9.78 Å². The molecule has 0 aliphatic carbocycles. The Labute approximate surface area is 110 Å². The van der Waals surface area contributed by atoms with Crippen molar-refractivity contribution in [2.24, 2.45) is 0 Å². The lowest BCUT2D eigenvalue weighted by Gasteiger charge is -2.35. The Balaban J connectivity index is 1.70. The lowest BCUT2D eigenvalue weighted by atomic mass is 10.2. The summed E-state index contributed by atoms with van der Waals surface area (Å²) in [6.45, 7) is 0.791. The second-order valence-corrected chi connectivity index (χ2v) is 4.57. The van der Waals surface area contributed by atoms with Crippen LogP contribution >= 0.6 is 0 Å². The second kappa shape index (κ2) is 4.85. The average Bonchev–Trinajstić information content (AvgIpc) is 2.41. The number of likely N-dealkylation sites (tertiary alicyclic amines) is 1. The molecule has 1 aromatic carbocycles. The summed E-state index contributed by atoms with van der Waals surface area (Å²) in [5, 5.41) is 10.0. The predicted octanol–water partition coefficient (Wildman–Crippen LogP) is 0.817. The van der Waals surface area contributed by atoms with Crippen LogP contribution in [0.4, 0.5) is 0 Å². The van der Waals surface area contributed by atoms with E-state index in [4.69, 9.17) is 9.84 Å². The summed E-state index contributed by atoms with van der Waals surface area (Å²) in [6, 6.07) is 9.38. The molecule has 1 aliphatic heterocycles. The first-order chi connectivity index (χ1) is 9.24. The van der Waals surface area contributed by atoms with Crippen LogP contribution in [0, 0.1) is 0 Å². The fourth-order valence-electron chi connectivity index (χ4n) is 2.09. The van der Waals surface area contributed by atoms with Crippen molar-refractivity contribution in [2.75, 3.05) is 19.7 Å². The van der Waals surface area contributed by atoms with Crippen LogP contribution in [-0.2, 0) is 4.79 Å². The molecule has 1 aliphatic rings. The first-order valence-corrected chi connectivity index (χ1v) is 6.16. The van der Waals surface area contributed by atoms with Crippen LogP contribution in [0.5, 0.6) is 5.75 Å². The number of aromatic nitrogens is 1. The number of rotatable bonds is 3. The number of amides is 1. The highest BCUT2D eigenvalue weighted by Crippen LogP contribution is 2.23. The van der Waals surface area contributed by atoms with Crippen LogP contribution in [0.1, 0.15) is 0 Å². The van der Waals surface area contributed by atoms with Gasteiger partial charge in [0.2, 0.25) is 0 Å². The summed E-state index contributed by atoms with van der Waals surface area (Å²) < 4.78 is 5.56. The molecule has 1 aromatic heterocycles. The third-order valence-corrected chi connectivity index (χ3v) is 3.18. The fraction of sp³-hybridized carbons (Fsp3) is 0.286. The van der Waals surface area contributed by atoms with Gasteiger partial charge < -0.3 is 14.7 Å². The van der Waals surface area contributed by atoms with E-state index >= 15 is 0 Å². The van der Waals surface area contributed by atoms with Gasteiger partial charge in [0, 0.05) is 24.7 Å². The minimum atomic E-state index is -0.384. The van der Waals surface area contributed by atoms with E-state index in [1.165, 1.54) is 0 Å². The molecule has 5 nitrogen and oxygen atoms in total. The number of nitrogens with zero attached hydrogens (tertiary/aromatic N) is 2. The second-order valence-electron chi connectivity index (χ2n) is 4.57. The van der Waals surface area contributed by atoms with Crippen molar-refractivity contribution in [2.45, 2.75) is 6.10 Å². The highest BCUT2D eigenvalue weighted by atomic mass is 16.5. The number of fused-ring (bicyclic) bond motifs is 1. The first kappa shape index (κ1) is 11.9. The molecule has 0 bridgehead atoms. The number of aliphatic hydroxyl groups excluding tert-OH is 1. The number of carbonyl (C=O) groups excluding carboxylic acids is 1. The maximum atomic E-state index is 11.8. The van der Waals surface area contributed by atoms with Gasteiger partial charge in [0.25, 0.3) is 5.91 Å². The Morgan fingerprint density at radius 3 is 2.95 bits per heavy atom. The standard InChI is InChI=1S/C14H14N2O3/c17-10-7-16(8-10)14(18)9-19-13-5-6-15-12-4-2-1-3-11(12)13/h1-6,10,17H,7-9H2. The molecular weight excluding hydrogens is 244 g/mol. The molecular formula is C14H14N2O3. The molecule has 2 heterocycles. The molecule has 19 heavy (non-hydrogen) atoms. The summed E-state index contributed by atoms with van der Waals surface area (Å²) in [5.74, 6) is 0.547. The molecule has 3 rings (SSSR count). The highest BCUT2D eigenvalue weighted by molar-refractivity contribution is 5.85. The van der Waals surface area contributed by atoms with Gasteiger partial charge in [-0.25, -0.2) is 0 Å². The summed E-state index contributed by atoms with van der Waals surface area (Å²) >= 11 is 0. The van der Waals surface area contributed by atoms with Crippen molar-refractivity contribution in [1.82, 2.24) is 9.88 Å². The van der Waals surface area contributed by atoms with E-state index in [1.807, 2.05) is 24.3 Å². The number of benzene rings is 1. The zero-order valence-corrected chi connectivity index (χ0v) is 10.3. The third kappa shape index (κ3) is 2.37. The number of β-amino-alcohol motifs (C(OH)–C–C–N with tert-alkyl or cyclic N) is 1. The lowest BCUT2D eigenvalue weighted by molar-refractivity contribution is -0.143. The van der Waals surface area contributed by atoms with E-state index in [0.717, 1.165) is 10.9 Å². The number of pyridine rings is 1. The largest absolute Gasteiger partial charge is 0.483 e. The van der Waals surface area contributed by atoms with Gasteiger partial charge in [-0.05, 0) is 18.2 Å². The quantitative estimate of drug-likeness (QED) is 0.885. The van der Waals surface area contributed by atoms with Crippen LogP contribution < -0.4 is 4.74 Å². The van der Waals surface area contributed by atoms with E-state index in [9.17, 15) is 4.79 Å². The fourth-order valence-corrected chi connectivity index (χ4v) is 2.09. The van der Waals surface area contributed by atoms with Gasteiger partial charge >= 0.3 is 0 Å². The number of hydrogen-bond acceptors (Lipinski definition) is 4. The van der Waals surface area contributed by atoms with Crippen LogP contribution in [0.2, 0.25) is 0 Å². The molecule has 2 aromatic rings. The number of ether oxygens (including phenoxy) is 1. The van der Waals surface area contributed by atoms with Crippen molar-refractivity contribution in [1.29, 1.82) is 0 Å². The maximum Gasteiger partial charge on any atom is 0.260 e. The summed E-state index contributed by atoms with van der Waals surface area (Å²) in [5.41, 5.74) is 0.840. The molecule has 0 radical (unpaired) electrons. The number of carbonyl (C=O) groups is 1. The van der Waals surface area contributed by atoms with Gasteiger partial charge in [-0.15, -0.1) is 0 Å². The molecule has 0 spiro atoms. The smallest absolute Gasteiger partial charge is 0.260 e. The zero-order valence-electron chi connectivity index (χ0n) is 10.3. The van der Waals surface area contributed by atoms with E-state index < -0.39 is 0 Å². The van der Waals surface area contributed by atoms with Crippen molar-refractivity contribution in [3.63, 3.8) is 0 Å². The minimum absolute atomic E-state index is 0.0132. The van der Waals surface area contributed by atoms with Crippen molar-refractivity contribution < 1.29 is 14.6 Å². The summed E-state index contributed by atoms with van der Waals surface area (Å²) in [7, 11) is 0. The topological polar surface area (TPSA) is 62.7 Å². The first-order valence-electron chi connectivity index (χ1n) is 6.16. The zero-order chi connectivity index (χ0) is 13.2. The summed E-state index contributed by atoms with van der Waals surface area (Å²) in [6.07, 6.45) is 1.28. The Hall–Kier alpha value is -2.14. The van der Waals surface area contributed by atoms with Crippen LogP contribution in [-0.4, -0.2) is 46.7 Å². The Morgan fingerprint density at radius 1 is 1.37 bits per heavy atom. The predicted molar refractivity (Wildman–Crippen MR) is 69.8 cm³/mol.